The first-order chi connectivity index (χ1) is 6.76. The summed E-state index contributed by atoms with van der Waals surface area (Å²) in [6, 6.07) is 0. The summed E-state index contributed by atoms with van der Waals surface area (Å²) >= 11 is 1.26. The van der Waals surface area contributed by atoms with Gasteiger partial charge >= 0.3 is 5.24 Å². The second-order valence-electron chi connectivity index (χ2n) is 3.07. The average molecular weight is 215 g/mol. The van der Waals surface area contributed by atoms with Crippen LogP contribution in [0.25, 0.3) is 0 Å². The van der Waals surface area contributed by atoms with E-state index < -0.39 is 0 Å². The van der Waals surface area contributed by atoms with Gasteiger partial charge in [-0.3, -0.25) is 4.79 Å². The number of thioether (sulfide) groups is 1. The Balaban J connectivity index is 2.15. The Morgan fingerprint density at radius 3 is 2.71 bits per heavy atom. The molecule has 0 aromatic rings. The number of carbonyl (C=O) groups excluding carboxylic acids is 1. The quantitative estimate of drug-likeness (QED) is 0.748. The predicted octanol–water partition coefficient (Wildman–Crippen LogP) is 1.18. The van der Waals surface area contributed by atoms with Crippen molar-refractivity contribution in [2.24, 2.45) is 4.99 Å². The minimum atomic E-state index is -0.0738. The second kappa shape index (κ2) is 6.03. The van der Waals surface area contributed by atoms with Crippen molar-refractivity contribution in [2.45, 2.75) is 13.8 Å². The molecule has 4 nitrogen and oxygen atoms in total. The second-order valence-corrected chi connectivity index (χ2v) is 3.99. The molecule has 1 amide bonds. The Morgan fingerprint density at radius 1 is 1.50 bits per heavy atom. The molecule has 1 N–H and O–H groups in total. The van der Waals surface area contributed by atoms with Gasteiger partial charge in [-0.2, -0.15) is 4.99 Å². The van der Waals surface area contributed by atoms with E-state index >= 15 is 0 Å². The van der Waals surface area contributed by atoms with Crippen LogP contribution in [-0.2, 0) is 0 Å². The zero-order valence-electron chi connectivity index (χ0n) is 8.75. The van der Waals surface area contributed by atoms with Gasteiger partial charge in [-0.15, -0.1) is 0 Å². The normalized spacial score (nSPS) is 16.2. The molecule has 1 aliphatic rings. The van der Waals surface area contributed by atoms with Crippen molar-refractivity contribution in [1.29, 1.82) is 0 Å². The van der Waals surface area contributed by atoms with Crippen molar-refractivity contribution in [1.82, 2.24) is 10.2 Å². The van der Waals surface area contributed by atoms with Gasteiger partial charge in [0.05, 0.1) is 5.75 Å². The smallest absolute Gasteiger partial charge is 0.306 e. The van der Waals surface area contributed by atoms with Crippen molar-refractivity contribution in [3.05, 3.63) is 0 Å². The van der Waals surface area contributed by atoms with E-state index in [9.17, 15) is 4.79 Å². The topological polar surface area (TPSA) is 44.7 Å². The molecule has 0 spiro atoms. The molecular formula is C9H17N3OS. The van der Waals surface area contributed by atoms with E-state index in [1.807, 2.05) is 0 Å². The minimum absolute atomic E-state index is 0.0738. The third-order valence-electron chi connectivity index (χ3n) is 2.21. The van der Waals surface area contributed by atoms with Gasteiger partial charge in [-0.25, -0.2) is 0 Å². The maximum Gasteiger partial charge on any atom is 0.306 e. The molecule has 0 fully saturated rings. The molecule has 0 bridgehead atoms. The van der Waals surface area contributed by atoms with Crippen LogP contribution in [-0.4, -0.2) is 47.9 Å². The van der Waals surface area contributed by atoms with Gasteiger partial charge < -0.3 is 10.2 Å². The van der Waals surface area contributed by atoms with Crippen molar-refractivity contribution in [3.63, 3.8) is 0 Å². The highest BCUT2D eigenvalue weighted by Gasteiger charge is 2.13. The lowest BCUT2D eigenvalue weighted by Gasteiger charge is -2.18. The Morgan fingerprint density at radius 2 is 2.21 bits per heavy atom. The molecule has 0 aromatic heterocycles. The molecule has 80 valence electrons. The van der Waals surface area contributed by atoms with Crippen LogP contribution in [0.5, 0.6) is 0 Å². The van der Waals surface area contributed by atoms with E-state index in [-0.39, 0.29) is 5.24 Å². The van der Waals surface area contributed by atoms with Gasteiger partial charge in [0.15, 0.2) is 0 Å². The van der Waals surface area contributed by atoms with E-state index in [1.54, 1.807) is 0 Å². The van der Waals surface area contributed by atoms with Gasteiger partial charge in [0.2, 0.25) is 0 Å². The molecular weight excluding hydrogens is 198 g/mol. The molecule has 0 aliphatic carbocycles. The average Bonchev–Trinajstić information content (AvgIpc) is 2.59. The standard InChI is InChI=1S/C9H17N3OS/c1-3-12(4-2)6-5-10-8-7-14-9(13)11-8/h3-7H2,1-2H3,(H,10,11,13). The minimum Gasteiger partial charge on any atom is -0.371 e. The zero-order valence-corrected chi connectivity index (χ0v) is 9.56. The molecule has 0 radical (unpaired) electrons. The van der Waals surface area contributed by atoms with Gasteiger partial charge in [0.1, 0.15) is 5.84 Å². The third kappa shape index (κ3) is 3.67. The van der Waals surface area contributed by atoms with Gasteiger partial charge in [0, 0.05) is 13.1 Å². The summed E-state index contributed by atoms with van der Waals surface area (Å²) in [7, 11) is 0. The number of likely N-dealkylation sites (N-methyl/N-ethyl adjacent to an activating group) is 1. The van der Waals surface area contributed by atoms with Gasteiger partial charge in [-0.05, 0) is 13.1 Å². The lowest BCUT2D eigenvalue weighted by atomic mass is 10.4. The highest BCUT2D eigenvalue weighted by molar-refractivity contribution is 8.14. The van der Waals surface area contributed by atoms with Crippen LogP contribution < -0.4 is 5.32 Å². The van der Waals surface area contributed by atoms with Crippen molar-refractivity contribution >= 4 is 22.8 Å². The fourth-order valence-electron chi connectivity index (χ4n) is 1.29. The highest BCUT2D eigenvalue weighted by atomic mass is 32.2. The Hall–Kier alpha value is -0.550. The fourth-order valence-corrected chi connectivity index (χ4v) is 1.90. The van der Waals surface area contributed by atoms with Gasteiger partial charge in [0.25, 0.3) is 0 Å². The van der Waals surface area contributed by atoms with Crippen molar-refractivity contribution in [3.8, 4) is 0 Å². The zero-order chi connectivity index (χ0) is 10.4. The van der Waals surface area contributed by atoms with Gasteiger partial charge in [-0.1, -0.05) is 25.6 Å². The lowest BCUT2D eigenvalue weighted by molar-refractivity contribution is 0.268. The molecule has 0 saturated heterocycles. The largest absolute Gasteiger partial charge is 0.371 e. The first-order valence-corrected chi connectivity index (χ1v) is 5.95. The molecule has 0 atom stereocenters. The monoisotopic (exact) mass is 215 g/mol. The molecule has 1 aliphatic heterocycles. The molecule has 1 heterocycles. The van der Waals surface area contributed by atoms with Crippen LogP contribution in [0.3, 0.4) is 0 Å². The molecule has 0 saturated carbocycles. The van der Waals surface area contributed by atoms with Crippen molar-refractivity contribution in [2.75, 3.05) is 31.9 Å². The molecule has 0 aromatic carbocycles. The highest BCUT2D eigenvalue weighted by Crippen LogP contribution is 2.11. The third-order valence-corrected chi connectivity index (χ3v) is 2.97. The Labute approximate surface area is 89.1 Å². The number of nitrogens with one attached hydrogen (secondary N) is 1. The number of hydrogen-bond acceptors (Lipinski definition) is 4. The number of amides is 1. The van der Waals surface area contributed by atoms with E-state index in [0.717, 1.165) is 32.0 Å². The van der Waals surface area contributed by atoms with Crippen LogP contribution in [0, 0.1) is 0 Å². The molecule has 1 rings (SSSR count). The fraction of sp³-hybridized carbons (Fsp3) is 0.778. The predicted molar refractivity (Wildman–Crippen MR) is 61.1 cm³/mol. The number of hydrogen-bond donors (Lipinski definition) is 1. The molecule has 14 heavy (non-hydrogen) atoms. The summed E-state index contributed by atoms with van der Waals surface area (Å²) in [5.41, 5.74) is 0. The van der Waals surface area contributed by atoms with Crippen LogP contribution in [0.1, 0.15) is 13.8 Å². The lowest BCUT2D eigenvalue weighted by Crippen LogP contribution is -2.34. The summed E-state index contributed by atoms with van der Waals surface area (Å²) in [6.45, 7) is 8.31. The summed E-state index contributed by atoms with van der Waals surface area (Å²) in [6.07, 6.45) is 0. The maximum atomic E-state index is 10.8. The van der Waals surface area contributed by atoms with E-state index in [0.29, 0.717) is 5.75 Å². The molecule has 0 unspecified atom stereocenters. The Bertz CT molecular complexity index is 226. The van der Waals surface area contributed by atoms with Crippen LogP contribution in [0.15, 0.2) is 4.99 Å². The van der Waals surface area contributed by atoms with Crippen LogP contribution in [0.2, 0.25) is 0 Å². The summed E-state index contributed by atoms with van der Waals surface area (Å²) < 4.78 is 0. The van der Waals surface area contributed by atoms with E-state index in [4.69, 9.17) is 0 Å². The number of carbonyl (C=O) groups is 1. The first kappa shape index (κ1) is 11.5. The summed E-state index contributed by atoms with van der Waals surface area (Å²) in [4.78, 5) is 17.0. The number of nitrogens with zero attached hydrogens (tertiary/aromatic N) is 2. The van der Waals surface area contributed by atoms with E-state index in [2.05, 4.69) is 29.1 Å². The van der Waals surface area contributed by atoms with Crippen LogP contribution in [0.4, 0.5) is 4.79 Å². The SMILES string of the molecule is CCN(CC)CCNC1=NC(=O)SC1. The molecule has 5 heteroatoms. The number of amidine groups is 1. The number of aliphatic imine (C=N–C) groups is 1. The van der Waals surface area contributed by atoms with Crippen LogP contribution >= 0.6 is 11.8 Å². The maximum absolute atomic E-state index is 10.8. The first-order valence-electron chi connectivity index (χ1n) is 4.96. The summed E-state index contributed by atoms with van der Waals surface area (Å²) in [5, 5.41) is 3.10. The Kier molecular flexibility index (Phi) is 4.97. The summed E-state index contributed by atoms with van der Waals surface area (Å²) in [5.74, 6) is 1.53. The van der Waals surface area contributed by atoms with Crippen molar-refractivity contribution < 1.29 is 4.79 Å². The number of rotatable bonds is 5. The van der Waals surface area contributed by atoms with E-state index in [1.165, 1.54) is 11.8 Å².